The molecule has 174 valence electrons. The summed E-state index contributed by atoms with van der Waals surface area (Å²) in [5.74, 6) is -0.617. The number of carbonyl (C=O) groups excluding carboxylic acids is 1. The van der Waals surface area contributed by atoms with E-state index in [0.29, 0.717) is 25.1 Å². The quantitative estimate of drug-likeness (QED) is 0.702. The zero-order valence-corrected chi connectivity index (χ0v) is 17.6. The van der Waals surface area contributed by atoms with Crippen molar-refractivity contribution in [3.63, 3.8) is 0 Å². The fourth-order valence-corrected chi connectivity index (χ4v) is 4.68. The van der Waals surface area contributed by atoms with Crippen molar-refractivity contribution in [2.24, 2.45) is 11.0 Å². The topological polar surface area (TPSA) is 70.1 Å². The molecule has 4 unspecified atom stereocenters. The van der Waals surface area contributed by atoms with Gasteiger partial charge >= 0.3 is 6.18 Å². The van der Waals surface area contributed by atoms with Crippen molar-refractivity contribution in [1.82, 2.24) is 15.3 Å². The molecule has 2 aliphatic heterocycles. The van der Waals surface area contributed by atoms with Crippen LogP contribution in [0.5, 0.6) is 5.88 Å². The molecule has 4 atom stereocenters. The van der Waals surface area contributed by atoms with Crippen LogP contribution >= 0.6 is 0 Å². The van der Waals surface area contributed by atoms with Crippen molar-refractivity contribution in [2.75, 3.05) is 11.7 Å². The van der Waals surface area contributed by atoms with Gasteiger partial charge in [0.05, 0.1) is 28.9 Å². The summed E-state index contributed by atoms with van der Waals surface area (Å²) in [5.41, 5.74) is 2.83. The highest BCUT2D eigenvalue weighted by molar-refractivity contribution is 6.00. The van der Waals surface area contributed by atoms with Crippen LogP contribution in [0.4, 0.5) is 23.2 Å². The van der Waals surface area contributed by atoms with Crippen LogP contribution in [0.25, 0.3) is 0 Å². The van der Waals surface area contributed by atoms with Gasteiger partial charge in [-0.1, -0.05) is 0 Å². The van der Waals surface area contributed by atoms with Gasteiger partial charge in [0.25, 0.3) is 5.91 Å². The molecule has 1 saturated carbocycles. The first-order valence-electron chi connectivity index (χ1n) is 10.6. The zero-order valence-electron chi connectivity index (χ0n) is 17.6. The van der Waals surface area contributed by atoms with Crippen LogP contribution in [-0.2, 0) is 6.18 Å². The fraction of sp³-hybridized carbons (Fsp3) is 0.409. The van der Waals surface area contributed by atoms with Crippen LogP contribution in [0.3, 0.4) is 0 Å². The Labute approximate surface area is 187 Å². The highest BCUT2D eigenvalue weighted by atomic mass is 19.4. The highest BCUT2D eigenvalue weighted by Crippen LogP contribution is 2.41. The second-order valence-corrected chi connectivity index (χ2v) is 8.56. The molecule has 0 radical (unpaired) electrons. The lowest BCUT2D eigenvalue weighted by Gasteiger charge is -2.34. The maximum Gasteiger partial charge on any atom is 0.417 e. The van der Waals surface area contributed by atoms with Crippen LogP contribution in [0.1, 0.15) is 35.7 Å². The summed E-state index contributed by atoms with van der Waals surface area (Å²) in [6.07, 6.45) is -1.10. The largest absolute Gasteiger partial charge is 0.472 e. The molecule has 2 aromatic rings. The molecule has 7 nitrogen and oxygen atoms in total. The van der Waals surface area contributed by atoms with Crippen LogP contribution < -0.4 is 15.3 Å². The zero-order chi connectivity index (χ0) is 23.3. The second-order valence-electron chi connectivity index (χ2n) is 8.56. The normalized spacial score (nSPS) is 26.3. The van der Waals surface area contributed by atoms with Gasteiger partial charge in [-0.2, -0.15) is 23.4 Å². The average molecular weight is 463 g/mol. The Hall–Kier alpha value is -3.21. The molecule has 1 saturated heterocycles. The first kappa shape index (κ1) is 21.6. The lowest BCUT2D eigenvalue weighted by Crippen LogP contribution is -2.47. The van der Waals surface area contributed by atoms with Gasteiger partial charge in [0.1, 0.15) is 11.9 Å². The molecular formula is C22H21F4N5O2. The number of halogens is 4. The first-order chi connectivity index (χ1) is 15.7. The van der Waals surface area contributed by atoms with Gasteiger partial charge in [0.2, 0.25) is 5.88 Å². The number of amides is 1. The summed E-state index contributed by atoms with van der Waals surface area (Å²) < 4.78 is 58.3. The molecule has 3 aliphatic rings. The van der Waals surface area contributed by atoms with Gasteiger partial charge in [-0.3, -0.25) is 4.79 Å². The van der Waals surface area contributed by atoms with Gasteiger partial charge in [0, 0.05) is 25.0 Å². The summed E-state index contributed by atoms with van der Waals surface area (Å²) in [7, 11) is 0. The summed E-state index contributed by atoms with van der Waals surface area (Å²) >= 11 is 0. The van der Waals surface area contributed by atoms with E-state index in [2.05, 4.69) is 15.5 Å². The third-order valence-corrected chi connectivity index (χ3v) is 6.17. The van der Waals surface area contributed by atoms with Crippen molar-refractivity contribution in [3.05, 3.63) is 53.5 Å². The molecule has 5 rings (SSSR count). The summed E-state index contributed by atoms with van der Waals surface area (Å²) in [4.78, 5) is 18.9. The number of nitrogens with one attached hydrogen (secondary N) is 1. The van der Waals surface area contributed by atoms with Crippen LogP contribution in [0.2, 0.25) is 0 Å². The van der Waals surface area contributed by atoms with Crippen molar-refractivity contribution in [2.45, 2.75) is 44.1 Å². The molecule has 33 heavy (non-hydrogen) atoms. The summed E-state index contributed by atoms with van der Waals surface area (Å²) in [5, 5.41) is 5.67. The Kier molecular flexibility index (Phi) is 5.23. The Balaban J connectivity index is 1.35. The minimum Gasteiger partial charge on any atom is -0.472 e. The third kappa shape index (κ3) is 4.12. The lowest BCUT2D eigenvalue weighted by molar-refractivity contribution is -0.137. The van der Waals surface area contributed by atoms with Crippen molar-refractivity contribution >= 4 is 17.8 Å². The number of pyridine rings is 1. The van der Waals surface area contributed by atoms with E-state index in [1.54, 1.807) is 11.1 Å². The van der Waals surface area contributed by atoms with Gasteiger partial charge < -0.3 is 9.64 Å². The molecule has 11 heteroatoms. The van der Waals surface area contributed by atoms with Gasteiger partial charge in [0.15, 0.2) is 0 Å². The SMILES string of the molecule is CC1C=NN(c2ccc(F)cc2C(=O)N2CC3CC(Oc4ccc(C(F)(F)F)cn4)C2C3)N1. The monoisotopic (exact) mass is 463 g/mol. The molecule has 3 heterocycles. The number of rotatable bonds is 4. The number of hydrogen-bond donors (Lipinski definition) is 1. The van der Waals surface area contributed by atoms with Crippen LogP contribution in [0.15, 0.2) is 41.6 Å². The van der Waals surface area contributed by atoms with Crippen molar-refractivity contribution in [1.29, 1.82) is 0 Å². The summed E-state index contributed by atoms with van der Waals surface area (Å²) in [6, 6.07) is 5.75. The first-order valence-corrected chi connectivity index (χ1v) is 10.6. The second kappa shape index (κ2) is 7.98. The average Bonchev–Trinajstić information content (AvgIpc) is 3.49. The molecule has 1 amide bonds. The Bertz CT molecular complexity index is 1090. The van der Waals surface area contributed by atoms with E-state index in [1.807, 2.05) is 6.92 Å². The number of aromatic nitrogens is 1. The number of benzene rings is 1. The number of hydrogen-bond acceptors (Lipinski definition) is 6. The highest BCUT2D eigenvalue weighted by Gasteiger charge is 2.49. The van der Waals surface area contributed by atoms with E-state index < -0.39 is 23.7 Å². The smallest absolute Gasteiger partial charge is 0.417 e. The summed E-state index contributed by atoms with van der Waals surface area (Å²) in [6.45, 7) is 2.40. The number of alkyl halides is 3. The van der Waals surface area contributed by atoms with Crippen LogP contribution in [-0.4, -0.2) is 46.7 Å². The van der Waals surface area contributed by atoms with E-state index in [1.165, 1.54) is 29.4 Å². The van der Waals surface area contributed by atoms with E-state index in [9.17, 15) is 22.4 Å². The standard InChI is InChI=1S/C22H21F4N5O2/c1-12-9-28-31(29-12)17-4-3-15(23)8-16(17)21(32)30-11-13-6-18(30)19(7-13)33-20-5-2-14(10-27-20)22(24,25)26/h2-5,8-10,12-13,18-19,29H,6-7,11H2,1H3. The van der Waals surface area contributed by atoms with E-state index in [0.717, 1.165) is 12.3 Å². The van der Waals surface area contributed by atoms with E-state index in [4.69, 9.17) is 4.74 Å². The fourth-order valence-electron chi connectivity index (χ4n) is 4.68. The van der Waals surface area contributed by atoms with Crippen molar-refractivity contribution in [3.8, 4) is 5.88 Å². The number of piperidine rings is 1. The molecule has 1 aromatic heterocycles. The molecule has 2 bridgehead atoms. The van der Waals surface area contributed by atoms with E-state index in [-0.39, 0.29) is 35.4 Å². The Morgan fingerprint density at radius 3 is 2.67 bits per heavy atom. The third-order valence-electron chi connectivity index (χ3n) is 6.17. The number of fused-ring (bicyclic) bond motifs is 2. The number of carbonyl (C=O) groups is 1. The molecule has 1 aliphatic carbocycles. The molecule has 1 N–H and O–H groups in total. The minimum absolute atomic E-state index is 0.0326. The van der Waals surface area contributed by atoms with Gasteiger partial charge in [-0.15, -0.1) is 0 Å². The van der Waals surface area contributed by atoms with Crippen LogP contribution in [0, 0.1) is 11.7 Å². The van der Waals surface area contributed by atoms with Crippen molar-refractivity contribution < 1.29 is 27.1 Å². The number of hydrazine groups is 1. The molecule has 0 spiro atoms. The number of anilines is 1. The molecular weight excluding hydrogens is 442 g/mol. The van der Waals surface area contributed by atoms with Gasteiger partial charge in [-0.25, -0.2) is 14.8 Å². The number of hydrazone groups is 1. The van der Waals surface area contributed by atoms with E-state index >= 15 is 0 Å². The molecule has 1 aromatic carbocycles. The number of likely N-dealkylation sites (tertiary alicyclic amines) is 1. The minimum atomic E-state index is -4.48. The Morgan fingerprint density at radius 1 is 1.21 bits per heavy atom. The predicted molar refractivity (Wildman–Crippen MR) is 111 cm³/mol. The Morgan fingerprint density at radius 2 is 2.03 bits per heavy atom. The maximum atomic E-state index is 14.1. The number of nitrogens with zero attached hydrogens (tertiary/aromatic N) is 4. The lowest BCUT2D eigenvalue weighted by atomic mass is 10.1. The maximum absolute atomic E-state index is 14.1. The molecule has 2 fully saturated rings. The predicted octanol–water partition coefficient (Wildman–Crippen LogP) is 3.62. The van der Waals surface area contributed by atoms with Gasteiger partial charge in [-0.05, 0) is 49.9 Å². The number of ether oxygens (including phenoxy) is 1.